The molecule has 0 aliphatic heterocycles. The molecular formula is C20H26N2O5. The van der Waals surface area contributed by atoms with Crippen LogP contribution < -0.4 is 9.47 Å². The van der Waals surface area contributed by atoms with E-state index < -0.39 is 12.1 Å². The first-order chi connectivity index (χ1) is 13.0. The summed E-state index contributed by atoms with van der Waals surface area (Å²) in [5, 5.41) is 7.56. The number of carbonyl (C=O) groups is 1. The largest absolute Gasteiger partial charge is 0.490 e. The Kier molecular flexibility index (Phi) is 7.85. The van der Waals surface area contributed by atoms with Crippen molar-refractivity contribution in [3.8, 4) is 11.5 Å². The molecule has 27 heavy (non-hydrogen) atoms. The molecule has 0 saturated heterocycles. The first kappa shape index (κ1) is 20.5. The molecule has 0 bridgehead atoms. The SMILES string of the molecule is CCCCOc1ccc(/C=C/C(=O)OC(C)c2nnc(C)o2)cc1OCC. The molecule has 0 N–H and O–H groups in total. The van der Waals surface area contributed by atoms with Crippen LogP contribution in [0.4, 0.5) is 0 Å². The Labute approximate surface area is 159 Å². The van der Waals surface area contributed by atoms with E-state index >= 15 is 0 Å². The molecule has 2 rings (SSSR count). The Morgan fingerprint density at radius 2 is 2.04 bits per heavy atom. The van der Waals surface area contributed by atoms with Crippen LogP contribution in [0.15, 0.2) is 28.7 Å². The van der Waals surface area contributed by atoms with Gasteiger partial charge < -0.3 is 18.6 Å². The summed E-state index contributed by atoms with van der Waals surface area (Å²) >= 11 is 0. The van der Waals surface area contributed by atoms with Crippen LogP contribution >= 0.6 is 0 Å². The normalized spacial score (nSPS) is 12.1. The van der Waals surface area contributed by atoms with Crippen LogP contribution in [0.1, 0.15) is 57.1 Å². The number of ether oxygens (including phenoxy) is 3. The summed E-state index contributed by atoms with van der Waals surface area (Å²) in [5.41, 5.74) is 0.805. The van der Waals surface area contributed by atoms with E-state index in [0.29, 0.717) is 30.6 Å². The van der Waals surface area contributed by atoms with Gasteiger partial charge in [-0.05, 0) is 44.0 Å². The molecular weight excluding hydrogens is 348 g/mol. The highest BCUT2D eigenvalue weighted by Gasteiger charge is 2.16. The summed E-state index contributed by atoms with van der Waals surface area (Å²) < 4.78 is 21.9. The molecule has 1 aromatic heterocycles. The van der Waals surface area contributed by atoms with E-state index in [1.165, 1.54) is 6.08 Å². The second kappa shape index (κ2) is 10.4. The van der Waals surface area contributed by atoms with Gasteiger partial charge in [-0.15, -0.1) is 10.2 Å². The molecule has 7 nitrogen and oxygen atoms in total. The van der Waals surface area contributed by atoms with Crippen LogP contribution in [0.3, 0.4) is 0 Å². The number of esters is 1. The first-order valence-corrected chi connectivity index (χ1v) is 9.11. The van der Waals surface area contributed by atoms with Gasteiger partial charge in [-0.3, -0.25) is 0 Å². The average molecular weight is 374 g/mol. The van der Waals surface area contributed by atoms with Gasteiger partial charge in [0.25, 0.3) is 5.89 Å². The molecule has 1 aromatic carbocycles. The van der Waals surface area contributed by atoms with Gasteiger partial charge in [0.2, 0.25) is 5.89 Å². The van der Waals surface area contributed by atoms with Gasteiger partial charge in [0.05, 0.1) is 13.2 Å². The van der Waals surface area contributed by atoms with Crippen LogP contribution in [0.2, 0.25) is 0 Å². The molecule has 0 aliphatic rings. The van der Waals surface area contributed by atoms with Gasteiger partial charge >= 0.3 is 5.97 Å². The summed E-state index contributed by atoms with van der Waals surface area (Å²) in [7, 11) is 0. The van der Waals surface area contributed by atoms with Crippen LogP contribution in [0.25, 0.3) is 6.08 Å². The van der Waals surface area contributed by atoms with Crippen LogP contribution in [0, 0.1) is 6.92 Å². The molecule has 0 spiro atoms. The predicted molar refractivity (Wildman–Crippen MR) is 101 cm³/mol. The summed E-state index contributed by atoms with van der Waals surface area (Å²) in [6.07, 6.45) is 4.44. The standard InChI is InChI=1S/C20H26N2O5/c1-5-7-12-25-17-10-8-16(13-18(17)24-6-2)9-11-19(23)26-14(3)20-22-21-15(4)27-20/h8-11,13-14H,5-7,12H2,1-4H3/b11-9+. The van der Waals surface area contributed by atoms with Gasteiger partial charge in [0.1, 0.15) is 0 Å². The lowest BCUT2D eigenvalue weighted by Gasteiger charge is -2.12. The minimum atomic E-state index is -0.614. The van der Waals surface area contributed by atoms with Crippen LogP contribution in [-0.4, -0.2) is 29.4 Å². The second-order valence-electron chi connectivity index (χ2n) is 5.91. The van der Waals surface area contributed by atoms with E-state index in [1.807, 2.05) is 25.1 Å². The molecule has 0 saturated carbocycles. The predicted octanol–water partition coefficient (Wildman–Crippen LogP) is 4.27. The number of nitrogens with zero attached hydrogens (tertiary/aromatic N) is 2. The maximum absolute atomic E-state index is 12.0. The van der Waals surface area contributed by atoms with Crippen molar-refractivity contribution in [1.82, 2.24) is 10.2 Å². The molecule has 1 heterocycles. The van der Waals surface area contributed by atoms with E-state index in [9.17, 15) is 4.79 Å². The van der Waals surface area contributed by atoms with Crippen molar-refractivity contribution in [1.29, 1.82) is 0 Å². The third-order valence-corrected chi connectivity index (χ3v) is 3.62. The van der Waals surface area contributed by atoms with Crippen molar-refractivity contribution in [2.24, 2.45) is 0 Å². The smallest absolute Gasteiger partial charge is 0.331 e. The molecule has 0 fully saturated rings. The fourth-order valence-corrected chi connectivity index (χ4v) is 2.25. The zero-order valence-electron chi connectivity index (χ0n) is 16.2. The number of hydrogen-bond acceptors (Lipinski definition) is 7. The van der Waals surface area contributed by atoms with Gasteiger partial charge in [0, 0.05) is 13.0 Å². The zero-order valence-corrected chi connectivity index (χ0v) is 16.2. The van der Waals surface area contributed by atoms with Crippen molar-refractivity contribution in [3.05, 3.63) is 41.6 Å². The Hall–Kier alpha value is -2.83. The summed E-state index contributed by atoms with van der Waals surface area (Å²) in [5.74, 6) is 1.54. The maximum atomic E-state index is 12.0. The minimum Gasteiger partial charge on any atom is -0.490 e. The highest BCUT2D eigenvalue weighted by atomic mass is 16.6. The number of benzene rings is 1. The van der Waals surface area contributed by atoms with Gasteiger partial charge in [-0.1, -0.05) is 19.4 Å². The van der Waals surface area contributed by atoms with Crippen LogP contribution in [-0.2, 0) is 9.53 Å². The molecule has 0 aliphatic carbocycles. The minimum absolute atomic E-state index is 0.265. The van der Waals surface area contributed by atoms with Crippen molar-refractivity contribution in [3.63, 3.8) is 0 Å². The third kappa shape index (κ3) is 6.44. The Morgan fingerprint density at radius 1 is 1.22 bits per heavy atom. The lowest BCUT2D eigenvalue weighted by molar-refractivity contribution is -0.143. The summed E-state index contributed by atoms with van der Waals surface area (Å²) in [4.78, 5) is 12.0. The number of rotatable bonds is 10. The van der Waals surface area contributed by atoms with Crippen molar-refractivity contribution in [2.75, 3.05) is 13.2 Å². The molecule has 0 amide bonds. The molecule has 2 aromatic rings. The van der Waals surface area contributed by atoms with Crippen molar-refractivity contribution >= 4 is 12.0 Å². The van der Waals surface area contributed by atoms with Crippen LogP contribution in [0.5, 0.6) is 11.5 Å². The third-order valence-electron chi connectivity index (χ3n) is 3.62. The van der Waals surface area contributed by atoms with E-state index in [-0.39, 0.29) is 5.89 Å². The molecule has 1 atom stereocenters. The fourth-order valence-electron chi connectivity index (χ4n) is 2.25. The summed E-state index contributed by atoms with van der Waals surface area (Å²) in [6, 6.07) is 5.53. The van der Waals surface area contributed by atoms with E-state index in [0.717, 1.165) is 18.4 Å². The Bertz CT molecular complexity index is 769. The van der Waals surface area contributed by atoms with Crippen molar-refractivity contribution < 1.29 is 23.4 Å². The average Bonchev–Trinajstić information content (AvgIpc) is 3.08. The monoisotopic (exact) mass is 374 g/mol. The molecule has 7 heteroatoms. The quantitative estimate of drug-likeness (QED) is 0.349. The lowest BCUT2D eigenvalue weighted by atomic mass is 10.2. The van der Waals surface area contributed by atoms with E-state index in [1.54, 1.807) is 19.9 Å². The highest BCUT2D eigenvalue weighted by Crippen LogP contribution is 2.29. The van der Waals surface area contributed by atoms with E-state index in [4.69, 9.17) is 18.6 Å². The Morgan fingerprint density at radius 3 is 2.70 bits per heavy atom. The highest BCUT2D eigenvalue weighted by molar-refractivity contribution is 5.87. The number of carbonyl (C=O) groups excluding carboxylic acids is 1. The number of hydrogen-bond donors (Lipinski definition) is 0. The second-order valence-corrected chi connectivity index (χ2v) is 5.91. The fraction of sp³-hybridized carbons (Fsp3) is 0.450. The van der Waals surface area contributed by atoms with Gasteiger partial charge in [-0.2, -0.15) is 0 Å². The lowest BCUT2D eigenvalue weighted by Crippen LogP contribution is -2.06. The topological polar surface area (TPSA) is 83.7 Å². The van der Waals surface area contributed by atoms with E-state index in [2.05, 4.69) is 17.1 Å². The molecule has 146 valence electrons. The molecule has 1 unspecified atom stereocenters. The number of aryl methyl sites for hydroxylation is 1. The summed E-state index contributed by atoms with van der Waals surface area (Å²) in [6.45, 7) is 8.55. The Balaban J connectivity index is 2.00. The zero-order chi connectivity index (χ0) is 19.6. The number of aromatic nitrogens is 2. The maximum Gasteiger partial charge on any atom is 0.331 e. The first-order valence-electron chi connectivity index (χ1n) is 9.11. The van der Waals surface area contributed by atoms with Crippen molar-refractivity contribution in [2.45, 2.75) is 46.6 Å². The number of unbranched alkanes of at least 4 members (excludes halogenated alkanes) is 1. The van der Waals surface area contributed by atoms with Gasteiger partial charge in [0.15, 0.2) is 17.6 Å². The molecule has 0 radical (unpaired) electrons. The van der Waals surface area contributed by atoms with Gasteiger partial charge in [-0.25, -0.2) is 4.79 Å².